The van der Waals surface area contributed by atoms with Gasteiger partial charge >= 0.3 is 0 Å². The average molecular weight is 595 g/mol. The van der Waals surface area contributed by atoms with Crippen LogP contribution < -0.4 is 27.7 Å². The number of benzene rings is 3. The van der Waals surface area contributed by atoms with Crippen molar-refractivity contribution in [1.82, 2.24) is 15.3 Å². The third kappa shape index (κ3) is 6.29. The lowest BCUT2D eigenvalue weighted by atomic mass is 9.95. The summed E-state index contributed by atoms with van der Waals surface area (Å²) in [6.45, 7) is 0. The molecule has 15 nitrogen and oxygen atoms in total. The summed E-state index contributed by atoms with van der Waals surface area (Å²) < 4.78 is 24.0. The van der Waals surface area contributed by atoms with Crippen molar-refractivity contribution in [2.45, 2.75) is 23.8 Å². The van der Waals surface area contributed by atoms with Gasteiger partial charge in [-0.15, -0.1) is 0 Å². The molecule has 218 valence electrons. The number of nitrogens with zero attached hydrogens (tertiary/aromatic N) is 1. The number of aromatic hydroxyl groups is 2. The molecule has 3 aromatic carbocycles. The number of primary amides is 2. The van der Waals surface area contributed by atoms with Crippen LogP contribution in [0.5, 0.6) is 11.5 Å². The Bertz CT molecular complexity index is 1890. The van der Waals surface area contributed by atoms with Crippen molar-refractivity contribution >= 4 is 44.6 Å². The highest BCUT2D eigenvalue weighted by molar-refractivity contribution is 7.89. The van der Waals surface area contributed by atoms with Gasteiger partial charge in [-0.1, -0.05) is 0 Å². The number of H-pyrrole nitrogens is 1. The molecule has 1 heterocycles. The molecule has 0 bridgehead atoms. The maximum absolute atomic E-state index is 12.8. The third-order valence-electron chi connectivity index (χ3n) is 6.25. The molecule has 4 aromatic rings. The summed E-state index contributed by atoms with van der Waals surface area (Å²) in [4.78, 5) is 43.0. The Morgan fingerprint density at radius 1 is 0.976 bits per heavy atom. The summed E-state index contributed by atoms with van der Waals surface area (Å²) in [5.74, 6) is -3.48. The number of rotatable bonds is 10. The minimum atomic E-state index is -4.20. The number of imidazole rings is 1. The molecule has 0 fully saturated rings. The molecule has 3 amide bonds. The molecule has 0 aliphatic carbocycles. The van der Waals surface area contributed by atoms with Crippen LogP contribution in [0.1, 0.15) is 17.5 Å². The second kappa shape index (κ2) is 11.2. The molecule has 0 unspecified atom stereocenters. The molecule has 13 N–H and O–H groups in total. The molecule has 1 aromatic heterocycles. The Morgan fingerprint density at radius 3 is 2.29 bits per heavy atom. The van der Waals surface area contributed by atoms with Crippen molar-refractivity contribution in [3.05, 3.63) is 59.7 Å². The molecule has 16 heteroatoms. The number of sulfonamides is 1. The number of nitrogens with one attached hydrogen (secondary N) is 3. The van der Waals surface area contributed by atoms with Gasteiger partial charge in [-0.25, -0.2) is 18.5 Å². The Morgan fingerprint density at radius 2 is 1.67 bits per heavy atom. The Labute approximate surface area is 238 Å². The SMILES string of the molecule is N=C(N)c1ccc2[nH]c(-c3cc(CC(=O)N[C@@H](CC(N)=O)C(N)=O)cc(-c4cc(S(N)(=O)=O)ccc4O)c3O)nc2c1. The second-order valence-corrected chi connectivity index (χ2v) is 10.9. The highest BCUT2D eigenvalue weighted by Gasteiger charge is 2.24. The highest BCUT2D eigenvalue weighted by atomic mass is 32.2. The van der Waals surface area contributed by atoms with Crippen molar-refractivity contribution in [2.75, 3.05) is 0 Å². The van der Waals surface area contributed by atoms with E-state index in [9.17, 15) is 33.0 Å². The summed E-state index contributed by atoms with van der Waals surface area (Å²) in [7, 11) is -4.20. The van der Waals surface area contributed by atoms with Crippen molar-refractivity contribution in [3.8, 4) is 34.0 Å². The van der Waals surface area contributed by atoms with Gasteiger partial charge in [0.25, 0.3) is 0 Å². The van der Waals surface area contributed by atoms with Gasteiger partial charge in [-0.05, 0) is 54.1 Å². The normalized spacial score (nSPS) is 12.1. The van der Waals surface area contributed by atoms with E-state index in [1.54, 1.807) is 18.2 Å². The number of amidine groups is 1. The van der Waals surface area contributed by atoms with Gasteiger partial charge in [0, 0.05) is 16.7 Å². The van der Waals surface area contributed by atoms with E-state index in [0.29, 0.717) is 16.6 Å². The van der Waals surface area contributed by atoms with Crippen LogP contribution in [0.4, 0.5) is 0 Å². The summed E-state index contributed by atoms with van der Waals surface area (Å²) >= 11 is 0. The summed E-state index contributed by atoms with van der Waals surface area (Å²) in [5.41, 5.74) is 17.4. The van der Waals surface area contributed by atoms with Crippen molar-refractivity contribution in [2.24, 2.45) is 22.3 Å². The molecular formula is C26H26N8O7S. The van der Waals surface area contributed by atoms with Gasteiger partial charge in [0.05, 0.1) is 34.3 Å². The fourth-order valence-corrected chi connectivity index (χ4v) is 4.79. The predicted molar refractivity (Wildman–Crippen MR) is 151 cm³/mol. The number of aromatic amines is 1. The van der Waals surface area contributed by atoms with Crippen LogP contribution in [0.3, 0.4) is 0 Å². The Kier molecular flexibility index (Phi) is 7.86. The first-order valence-electron chi connectivity index (χ1n) is 12.1. The minimum absolute atomic E-state index is 0.0554. The molecule has 0 saturated carbocycles. The van der Waals surface area contributed by atoms with Gasteiger partial charge in [-0.3, -0.25) is 19.8 Å². The van der Waals surface area contributed by atoms with Gasteiger partial charge in [-0.2, -0.15) is 0 Å². The van der Waals surface area contributed by atoms with Crippen LogP contribution in [0, 0.1) is 5.41 Å². The fourth-order valence-electron chi connectivity index (χ4n) is 4.25. The predicted octanol–water partition coefficient (Wildman–Crippen LogP) is -0.372. The number of hydrogen-bond acceptors (Lipinski definition) is 9. The summed E-state index contributed by atoms with van der Waals surface area (Å²) in [6.07, 6.45) is -0.935. The van der Waals surface area contributed by atoms with Crippen molar-refractivity contribution < 1.29 is 33.0 Å². The number of phenols is 2. The number of aromatic nitrogens is 2. The van der Waals surface area contributed by atoms with E-state index in [-0.39, 0.29) is 38.8 Å². The second-order valence-electron chi connectivity index (χ2n) is 9.36. The van der Waals surface area contributed by atoms with Gasteiger partial charge in [0.1, 0.15) is 29.2 Å². The Hall–Kier alpha value is -5.48. The first kappa shape index (κ1) is 29.5. The van der Waals surface area contributed by atoms with Crippen LogP contribution in [0.15, 0.2) is 53.4 Å². The molecule has 0 radical (unpaired) electrons. The number of primary sulfonamides is 1. The van der Waals surface area contributed by atoms with Crippen LogP contribution in [-0.2, 0) is 30.8 Å². The smallest absolute Gasteiger partial charge is 0.240 e. The number of amides is 3. The lowest BCUT2D eigenvalue weighted by molar-refractivity contribution is -0.129. The lowest BCUT2D eigenvalue weighted by Crippen LogP contribution is -2.47. The molecule has 1 atom stereocenters. The zero-order valence-corrected chi connectivity index (χ0v) is 22.5. The van der Waals surface area contributed by atoms with E-state index in [1.807, 2.05) is 0 Å². The largest absolute Gasteiger partial charge is 0.507 e. The topological polar surface area (TPSA) is 294 Å². The van der Waals surface area contributed by atoms with E-state index < -0.39 is 58.1 Å². The molecule has 0 aliphatic rings. The highest BCUT2D eigenvalue weighted by Crippen LogP contribution is 2.42. The summed E-state index contributed by atoms with van der Waals surface area (Å²) in [6, 6.07) is 9.36. The van der Waals surface area contributed by atoms with Gasteiger partial charge in [0.2, 0.25) is 27.7 Å². The number of carbonyl (C=O) groups is 3. The standard InChI is InChI=1S/C26H26N8O7S/c27-21(36)10-19(25(30)39)32-22(37)7-11-5-15(14-9-13(42(31,40)41)2-4-20(14)35)23(38)16(6-11)26-33-17-3-1-12(24(28)29)8-18(17)34-26/h1-6,8-9,19,35,38H,7,10H2,(H2,27,36)(H3,28,29)(H2,30,39)(H,32,37)(H,33,34)(H2,31,40,41)/t19-/m0/s1. The molecule has 0 aliphatic heterocycles. The van der Waals surface area contributed by atoms with E-state index in [4.69, 9.17) is 27.7 Å². The molecule has 4 rings (SSSR count). The third-order valence-corrected chi connectivity index (χ3v) is 7.17. The maximum atomic E-state index is 12.8. The number of carbonyl (C=O) groups excluding carboxylic acids is 3. The number of fused-ring (bicyclic) bond motifs is 1. The number of phenolic OH excluding ortho intramolecular Hbond substituents is 2. The first-order chi connectivity index (χ1) is 19.6. The Balaban J connectivity index is 1.87. The minimum Gasteiger partial charge on any atom is -0.507 e. The number of nitrogens with two attached hydrogens (primary N) is 4. The summed E-state index contributed by atoms with van der Waals surface area (Å²) in [5, 5.41) is 37.2. The van der Waals surface area contributed by atoms with Gasteiger partial charge in [0.15, 0.2) is 0 Å². The molecule has 0 spiro atoms. The first-order valence-corrected chi connectivity index (χ1v) is 13.6. The van der Waals surface area contributed by atoms with Crippen LogP contribution >= 0.6 is 0 Å². The molecule has 0 saturated heterocycles. The quantitative estimate of drug-likeness (QED) is 0.0853. The van der Waals surface area contributed by atoms with Crippen LogP contribution in [0.2, 0.25) is 0 Å². The lowest BCUT2D eigenvalue weighted by Gasteiger charge is -2.16. The fraction of sp³-hybridized carbons (Fsp3) is 0.115. The number of nitrogen functional groups attached to an aromatic ring is 1. The van der Waals surface area contributed by atoms with Crippen molar-refractivity contribution in [1.29, 1.82) is 5.41 Å². The number of hydrogen-bond donors (Lipinski definition) is 9. The molecule has 42 heavy (non-hydrogen) atoms. The van der Waals surface area contributed by atoms with Gasteiger partial charge < -0.3 is 37.7 Å². The molecular weight excluding hydrogens is 568 g/mol. The average Bonchev–Trinajstić information content (AvgIpc) is 3.32. The maximum Gasteiger partial charge on any atom is 0.240 e. The zero-order valence-electron chi connectivity index (χ0n) is 21.7. The van der Waals surface area contributed by atoms with E-state index in [2.05, 4.69) is 15.3 Å². The van der Waals surface area contributed by atoms with E-state index in [0.717, 1.165) is 18.2 Å². The van der Waals surface area contributed by atoms with Crippen LogP contribution in [0.25, 0.3) is 33.5 Å². The van der Waals surface area contributed by atoms with E-state index in [1.165, 1.54) is 12.1 Å². The van der Waals surface area contributed by atoms with E-state index >= 15 is 0 Å². The van der Waals surface area contributed by atoms with Crippen molar-refractivity contribution in [3.63, 3.8) is 0 Å². The van der Waals surface area contributed by atoms with Crippen LogP contribution in [-0.4, -0.2) is 58.2 Å². The monoisotopic (exact) mass is 594 g/mol. The zero-order chi connectivity index (χ0) is 30.9.